The fraction of sp³-hybridized carbons (Fsp3) is 0.792. The molecule has 0 aliphatic carbocycles. The molecule has 1 rings (SSSR count). The molecular formula is C48H80AgF6NO19S. The molecular weight excluding hydrogens is 1150 g/mol. The summed E-state index contributed by atoms with van der Waals surface area (Å²) in [6, 6.07) is 5.66. The van der Waals surface area contributed by atoms with Crippen LogP contribution in [0.25, 0.3) is 0 Å². The third-order valence-corrected chi connectivity index (χ3v) is 11.3. The van der Waals surface area contributed by atoms with Crippen molar-refractivity contribution in [3.63, 3.8) is 0 Å². The van der Waals surface area contributed by atoms with Crippen LogP contribution < -0.4 is 5.11 Å². The molecule has 0 aliphatic heterocycles. The van der Waals surface area contributed by atoms with Gasteiger partial charge in [-0.25, -0.2) is 4.79 Å². The first-order valence-electron chi connectivity index (χ1n) is 24.3. The number of hydrogen-bond donors (Lipinski definition) is 1. The molecule has 450 valence electrons. The Balaban J connectivity index is -0.00000111. The van der Waals surface area contributed by atoms with E-state index in [-0.39, 0.29) is 59.0 Å². The second kappa shape index (κ2) is 43.8. The summed E-state index contributed by atoms with van der Waals surface area (Å²) in [4.78, 5) is 34.1. The van der Waals surface area contributed by atoms with Gasteiger partial charge in [0.05, 0.1) is 124 Å². The standard InChI is InChI=1S/C24H48O11.C12H14F3NO3S.C12H19F3O5.Ag/c1-4-23(2)24(25)35-22-21-34-20-19-33-18-17-32-16-15-31-14-13-30-12-11-29-10-9-28-8-7-27-6-5-26-3;1-3-8(2)9-4-6-10(7-5-9)11(17)16-20(18,19)12(13,14)15;1-5-10(2,3)8(16)19-6-7-20-9(17)11(4,18)12(13,14)15;/h23H,4-22H2,1-3H3;4-8H,3H2,1-2H3,(H,16,17);18H,5-7H2,1-4H3;/q;;;+1/p-1. The molecule has 0 amide bonds. The normalized spacial score (nSPS) is 13.7. The van der Waals surface area contributed by atoms with Crippen molar-refractivity contribution in [1.29, 1.82) is 0 Å². The van der Waals surface area contributed by atoms with Crippen LogP contribution in [0.4, 0.5) is 26.3 Å². The van der Waals surface area contributed by atoms with E-state index in [9.17, 15) is 54.3 Å². The van der Waals surface area contributed by atoms with Crippen LogP contribution in [0.2, 0.25) is 0 Å². The predicted molar refractivity (Wildman–Crippen MR) is 258 cm³/mol. The topological polar surface area (TPSA) is 252 Å². The fourth-order valence-electron chi connectivity index (χ4n) is 4.56. The molecule has 0 heterocycles. The number of halogens is 6. The van der Waals surface area contributed by atoms with E-state index in [0.717, 1.165) is 18.4 Å². The maximum Gasteiger partial charge on any atom is 1.00 e. The van der Waals surface area contributed by atoms with Crippen molar-refractivity contribution < 1.29 is 139 Å². The number of methoxy groups -OCH3 is 1. The van der Waals surface area contributed by atoms with Crippen LogP contribution in [-0.4, -0.2) is 194 Å². The van der Waals surface area contributed by atoms with Crippen molar-refractivity contribution in [3.05, 3.63) is 35.4 Å². The van der Waals surface area contributed by atoms with Gasteiger partial charge in [-0.3, -0.25) is 9.59 Å². The number of rotatable bonds is 39. The van der Waals surface area contributed by atoms with Crippen LogP contribution in [0.1, 0.15) is 91.7 Å². The zero-order valence-corrected chi connectivity index (χ0v) is 47.2. The smallest absolute Gasteiger partial charge is 0.858 e. The third-order valence-electron chi connectivity index (χ3n) is 10.3. The number of carbonyl (C=O) groups is 3. The molecule has 1 aromatic rings. The molecule has 20 nitrogen and oxygen atoms in total. The van der Waals surface area contributed by atoms with Crippen LogP contribution in [0.15, 0.2) is 28.7 Å². The Morgan fingerprint density at radius 1 is 0.579 bits per heavy atom. The zero-order chi connectivity index (χ0) is 57.4. The average molecular weight is 1230 g/mol. The second-order valence-corrected chi connectivity index (χ2v) is 18.3. The van der Waals surface area contributed by atoms with E-state index >= 15 is 0 Å². The van der Waals surface area contributed by atoms with Gasteiger partial charge in [-0.1, -0.05) is 58.9 Å². The Morgan fingerprint density at radius 2 is 0.921 bits per heavy atom. The number of aliphatic hydroxyl groups is 1. The molecule has 28 heteroatoms. The molecule has 1 aromatic carbocycles. The van der Waals surface area contributed by atoms with Gasteiger partial charge in [0.25, 0.3) is 5.60 Å². The zero-order valence-electron chi connectivity index (χ0n) is 44.9. The summed E-state index contributed by atoms with van der Waals surface area (Å²) in [5, 5.41) is 20.4. The summed E-state index contributed by atoms with van der Waals surface area (Å²) in [5.74, 6) is -3.83. The van der Waals surface area contributed by atoms with Gasteiger partial charge in [0.15, 0.2) is 0 Å². The van der Waals surface area contributed by atoms with Crippen molar-refractivity contribution in [2.75, 3.05) is 139 Å². The molecule has 0 aliphatic rings. The molecule has 0 bridgehead atoms. The monoisotopic (exact) mass is 1230 g/mol. The van der Waals surface area contributed by atoms with Crippen LogP contribution in [0.3, 0.4) is 0 Å². The van der Waals surface area contributed by atoms with Crippen molar-refractivity contribution in [2.24, 2.45) is 15.7 Å². The largest absolute Gasteiger partial charge is 1.00 e. The second-order valence-electron chi connectivity index (χ2n) is 16.7. The number of alkyl halides is 6. The minimum absolute atomic E-state index is 0. The van der Waals surface area contributed by atoms with Crippen LogP contribution >= 0.6 is 0 Å². The van der Waals surface area contributed by atoms with Crippen molar-refractivity contribution in [2.45, 2.75) is 97.9 Å². The van der Waals surface area contributed by atoms with Crippen molar-refractivity contribution in [3.8, 4) is 0 Å². The molecule has 0 spiro atoms. The number of benzene rings is 1. The fourth-order valence-corrected chi connectivity index (χ4v) is 4.99. The maximum atomic E-state index is 12.3. The van der Waals surface area contributed by atoms with E-state index in [2.05, 4.69) is 9.13 Å². The number of nitrogens with zero attached hydrogens (tertiary/aromatic N) is 1. The Bertz CT molecular complexity index is 1790. The number of ether oxygens (including phenoxy) is 12. The first-order chi connectivity index (χ1) is 35.2. The molecule has 76 heavy (non-hydrogen) atoms. The van der Waals surface area contributed by atoms with Gasteiger partial charge < -0.3 is 67.1 Å². The van der Waals surface area contributed by atoms with Crippen LogP contribution in [0.5, 0.6) is 0 Å². The molecule has 0 saturated carbocycles. The van der Waals surface area contributed by atoms with E-state index in [1.165, 1.54) is 12.1 Å². The predicted octanol–water partition coefficient (Wildman–Crippen LogP) is 5.33. The summed E-state index contributed by atoms with van der Waals surface area (Å²) in [6.07, 6.45) is -2.98. The van der Waals surface area contributed by atoms with Crippen LogP contribution in [-0.2, 0) is 104 Å². The maximum absolute atomic E-state index is 12.3. The van der Waals surface area contributed by atoms with Crippen molar-refractivity contribution in [1.82, 2.24) is 0 Å². The van der Waals surface area contributed by atoms with Gasteiger partial charge >= 0.3 is 62.0 Å². The molecule has 1 N–H and O–H groups in total. The Kier molecular flexibility index (Phi) is 44.5. The first-order valence-corrected chi connectivity index (χ1v) is 25.7. The molecule has 3 unspecified atom stereocenters. The van der Waals surface area contributed by atoms with Crippen LogP contribution in [0, 0.1) is 11.3 Å². The van der Waals surface area contributed by atoms with Gasteiger partial charge in [0, 0.05) is 13.0 Å². The van der Waals surface area contributed by atoms with Gasteiger partial charge in [-0.05, 0) is 57.1 Å². The van der Waals surface area contributed by atoms with E-state index in [1.807, 2.05) is 27.7 Å². The van der Waals surface area contributed by atoms with E-state index in [4.69, 9.17) is 57.2 Å². The average Bonchev–Trinajstić information content (AvgIpc) is 3.36. The van der Waals surface area contributed by atoms with E-state index in [1.54, 1.807) is 40.0 Å². The van der Waals surface area contributed by atoms with Gasteiger partial charge in [0.1, 0.15) is 19.8 Å². The molecule has 0 radical (unpaired) electrons. The number of carbonyl (C=O) groups excluding carboxylic acids is 3. The van der Waals surface area contributed by atoms with E-state index < -0.39 is 57.2 Å². The minimum atomic E-state index is -5.80. The minimum Gasteiger partial charge on any atom is -0.858 e. The first kappa shape index (κ1) is 77.2. The molecule has 0 aromatic heterocycles. The number of esters is 3. The quantitative estimate of drug-likeness (QED) is 0.0166. The summed E-state index contributed by atoms with van der Waals surface area (Å²) in [7, 11) is -4.16. The SMILES string of the molecule is CCC(C)(C)C(=O)OCCOC(=O)C(C)(O)C(F)(F)F.CCC(C)C(=O)OCCOCCOCCOCCOCCOCCOCCOCCOCCOC.CCC(C)c1ccc(C([O-])=NS(=O)(=O)C(F)(F)F)cc1.[Ag+]. The summed E-state index contributed by atoms with van der Waals surface area (Å²) < 4.78 is 159. The number of sulfonamides is 1. The Morgan fingerprint density at radius 3 is 1.24 bits per heavy atom. The van der Waals surface area contributed by atoms with Gasteiger partial charge in [-0.2, -0.15) is 39.2 Å². The number of hydrogen-bond acceptors (Lipinski definition) is 19. The summed E-state index contributed by atoms with van der Waals surface area (Å²) >= 11 is 0. The Hall–Kier alpha value is -3.03. The molecule has 3 atom stereocenters. The van der Waals surface area contributed by atoms with Gasteiger partial charge in [0.2, 0.25) is 0 Å². The molecule has 0 saturated heterocycles. The van der Waals surface area contributed by atoms with Crippen molar-refractivity contribution >= 4 is 33.8 Å². The summed E-state index contributed by atoms with van der Waals surface area (Å²) in [6.45, 7) is 21.1. The van der Waals surface area contributed by atoms with E-state index in [0.29, 0.717) is 126 Å². The molecule has 0 fully saturated rings. The van der Waals surface area contributed by atoms with Gasteiger partial charge in [-0.15, -0.1) is 0 Å². The summed E-state index contributed by atoms with van der Waals surface area (Å²) in [5.41, 5.74) is -9.17. The third kappa shape index (κ3) is 37.0. The Labute approximate surface area is 458 Å².